The first-order valence-electron chi connectivity index (χ1n) is 7.97. The molecule has 0 spiro atoms. The Kier molecular flexibility index (Phi) is 5.54. The zero-order valence-electron chi connectivity index (χ0n) is 13.0. The minimum absolute atomic E-state index is 0.107. The van der Waals surface area contributed by atoms with Gasteiger partial charge in [-0.15, -0.1) is 0 Å². The smallest absolute Gasteiger partial charge is 0.372 e. The van der Waals surface area contributed by atoms with E-state index in [0.29, 0.717) is 12.5 Å². The quantitative estimate of drug-likeness (QED) is 0.732. The van der Waals surface area contributed by atoms with Gasteiger partial charge in [-0.1, -0.05) is 6.92 Å². The van der Waals surface area contributed by atoms with Gasteiger partial charge in [-0.05, 0) is 38.5 Å². The predicted octanol–water partition coefficient (Wildman–Crippen LogP) is 2.81. The molecule has 6 heteroatoms. The van der Waals surface area contributed by atoms with Gasteiger partial charge in [0, 0.05) is 37.8 Å². The summed E-state index contributed by atoms with van der Waals surface area (Å²) in [6, 6.07) is 0.556. The van der Waals surface area contributed by atoms with E-state index in [9.17, 15) is 13.2 Å². The molecule has 1 saturated heterocycles. The van der Waals surface area contributed by atoms with Crippen molar-refractivity contribution in [1.29, 1.82) is 0 Å². The molecule has 124 valence electrons. The average molecular weight is 308 g/mol. The van der Waals surface area contributed by atoms with Crippen LogP contribution in [-0.2, 0) is 4.74 Å². The summed E-state index contributed by atoms with van der Waals surface area (Å²) >= 11 is 0. The van der Waals surface area contributed by atoms with Crippen molar-refractivity contribution in [2.75, 3.05) is 32.8 Å². The number of halogens is 3. The molecule has 0 aromatic rings. The second kappa shape index (κ2) is 6.84. The Labute approximate surface area is 125 Å². The molecule has 21 heavy (non-hydrogen) atoms. The van der Waals surface area contributed by atoms with E-state index in [1.807, 2.05) is 0 Å². The van der Waals surface area contributed by atoms with Crippen molar-refractivity contribution in [1.82, 2.24) is 10.2 Å². The van der Waals surface area contributed by atoms with Crippen molar-refractivity contribution in [3.05, 3.63) is 0 Å². The monoisotopic (exact) mass is 308 g/mol. The van der Waals surface area contributed by atoms with Crippen molar-refractivity contribution in [3.63, 3.8) is 0 Å². The van der Waals surface area contributed by atoms with Gasteiger partial charge in [0.1, 0.15) is 6.61 Å². The van der Waals surface area contributed by atoms with Crippen LogP contribution in [0.1, 0.15) is 39.5 Å². The van der Waals surface area contributed by atoms with E-state index in [0.717, 1.165) is 32.0 Å². The molecule has 2 unspecified atom stereocenters. The third-order valence-electron chi connectivity index (χ3n) is 4.86. The van der Waals surface area contributed by atoms with Gasteiger partial charge < -0.3 is 10.1 Å². The summed E-state index contributed by atoms with van der Waals surface area (Å²) in [4.78, 5) is 2.45. The molecule has 1 saturated carbocycles. The SMILES string of the molecule is CCC1(C)CNC(C2CC2)CN1CCCOCC(F)(F)F. The van der Waals surface area contributed by atoms with Gasteiger partial charge in [-0.3, -0.25) is 4.90 Å². The van der Waals surface area contributed by atoms with Gasteiger partial charge in [0.15, 0.2) is 0 Å². The Morgan fingerprint density at radius 1 is 1.33 bits per heavy atom. The summed E-state index contributed by atoms with van der Waals surface area (Å²) < 4.78 is 40.8. The molecule has 2 fully saturated rings. The van der Waals surface area contributed by atoms with Gasteiger partial charge in [0.05, 0.1) is 0 Å². The van der Waals surface area contributed by atoms with Gasteiger partial charge in [0.25, 0.3) is 0 Å². The number of rotatable bonds is 7. The lowest BCUT2D eigenvalue weighted by Gasteiger charge is -2.48. The van der Waals surface area contributed by atoms with Crippen LogP contribution in [0.5, 0.6) is 0 Å². The maximum Gasteiger partial charge on any atom is 0.411 e. The molecule has 0 amide bonds. The van der Waals surface area contributed by atoms with E-state index < -0.39 is 12.8 Å². The Morgan fingerprint density at radius 2 is 2.05 bits per heavy atom. The molecule has 2 atom stereocenters. The number of alkyl halides is 3. The van der Waals surface area contributed by atoms with E-state index in [-0.39, 0.29) is 12.1 Å². The summed E-state index contributed by atoms with van der Waals surface area (Å²) in [5.74, 6) is 0.801. The third-order valence-corrected chi connectivity index (χ3v) is 4.86. The van der Waals surface area contributed by atoms with Crippen LogP contribution in [0.4, 0.5) is 13.2 Å². The van der Waals surface area contributed by atoms with Crippen molar-refractivity contribution in [2.24, 2.45) is 5.92 Å². The number of ether oxygens (including phenoxy) is 1. The molecule has 3 nitrogen and oxygen atoms in total. The Morgan fingerprint density at radius 3 is 2.62 bits per heavy atom. The number of hydrogen-bond acceptors (Lipinski definition) is 3. The second-order valence-electron chi connectivity index (χ2n) is 6.64. The van der Waals surface area contributed by atoms with Crippen LogP contribution in [0.3, 0.4) is 0 Å². The molecule has 1 heterocycles. The highest BCUT2D eigenvalue weighted by Crippen LogP contribution is 2.36. The summed E-state index contributed by atoms with van der Waals surface area (Å²) in [7, 11) is 0. The van der Waals surface area contributed by atoms with Gasteiger partial charge in [0.2, 0.25) is 0 Å². The summed E-state index contributed by atoms with van der Waals surface area (Å²) in [5, 5.41) is 3.65. The van der Waals surface area contributed by atoms with E-state index in [1.165, 1.54) is 12.8 Å². The van der Waals surface area contributed by atoms with Crippen LogP contribution in [0.15, 0.2) is 0 Å². The largest absolute Gasteiger partial charge is 0.411 e. The fourth-order valence-corrected chi connectivity index (χ4v) is 3.05. The van der Waals surface area contributed by atoms with E-state index >= 15 is 0 Å². The Balaban J connectivity index is 1.74. The van der Waals surface area contributed by atoms with Crippen molar-refractivity contribution in [2.45, 2.75) is 57.3 Å². The lowest BCUT2D eigenvalue weighted by Crippen LogP contribution is -2.63. The van der Waals surface area contributed by atoms with Gasteiger partial charge in [-0.25, -0.2) is 0 Å². The number of piperazine rings is 1. The number of nitrogens with zero attached hydrogens (tertiary/aromatic N) is 1. The highest BCUT2D eigenvalue weighted by molar-refractivity contribution is 4.99. The minimum atomic E-state index is -4.22. The molecular formula is C15H27F3N2O. The van der Waals surface area contributed by atoms with Crippen LogP contribution in [0, 0.1) is 5.92 Å². The molecule has 0 bridgehead atoms. The van der Waals surface area contributed by atoms with E-state index in [4.69, 9.17) is 4.74 Å². The highest BCUT2D eigenvalue weighted by atomic mass is 19.4. The molecule has 2 rings (SSSR count). The van der Waals surface area contributed by atoms with Crippen LogP contribution >= 0.6 is 0 Å². The maximum atomic E-state index is 12.0. The lowest BCUT2D eigenvalue weighted by atomic mass is 9.91. The topological polar surface area (TPSA) is 24.5 Å². The fourth-order valence-electron chi connectivity index (χ4n) is 3.05. The lowest BCUT2D eigenvalue weighted by molar-refractivity contribution is -0.174. The molecule has 0 aromatic heterocycles. The Bertz CT molecular complexity index is 333. The number of hydrogen-bond donors (Lipinski definition) is 1. The summed E-state index contributed by atoms with van der Waals surface area (Å²) in [5.41, 5.74) is 0.107. The molecule has 1 aliphatic carbocycles. The Hall–Kier alpha value is -0.330. The second-order valence-corrected chi connectivity index (χ2v) is 6.64. The molecule has 0 aromatic carbocycles. The third kappa shape index (κ3) is 5.11. The van der Waals surface area contributed by atoms with Crippen molar-refractivity contribution < 1.29 is 17.9 Å². The van der Waals surface area contributed by atoms with Gasteiger partial charge in [-0.2, -0.15) is 13.2 Å². The number of nitrogens with one attached hydrogen (secondary N) is 1. The molecule has 1 aliphatic heterocycles. The van der Waals surface area contributed by atoms with Crippen molar-refractivity contribution >= 4 is 0 Å². The predicted molar refractivity (Wildman–Crippen MR) is 76.3 cm³/mol. The fraction of sp³-hybridized carbons (Fsp3) is 1.00. The minimum Gasteiger partial charge on any atom is -0.372 e. The van der Waals surface area contributed by atoms with E-state index in [2.05, 4.69) is 24.1 Å². The summed E-state index contributed by atoms with van der Waals surface area (Å²) in [6.07, 6.45) is 0.0972. The zero-order valence-corrected chi connectivity index (χ0v) is 13.0. The zero-order chi connectivity index (χ0) is 15.5. The van der Waals surface area contributed by atoms with E-state index in [1.54, 1.807) is 0 Å². The summed E-state index contributed by atoms with van der Waals surface area (Å²) in [6.45, 7) is 6.24. The first-order valence-corrected chi connectivity index (χ1v) is 7.97. The van der Waals surface area contributed by atoms with Crippen molar-refractivity contribution in [3.8, 4) is 0 Å². The highest BCUT2D eigenvalue weighted by Gasteiger charge is 2.41. The molecule has 1 N–H and O–H groups in total. The standard InChI is InChI=1S/C15H27F3N2O/c1-3-14(2)10-19-13(12-5-6-12)9-20(14)7-4-8-21-11-15(16,17)18/h12-13,19H,3-11H2,1-2H3. The first kappa shape index (κ1) is 17.0. The molecular weight excluding hydrogens is 281 g/mol. The van der Waals surface area contributed by atoms with Crippen LogP contribution in [0.2, 0.25) is 0 Å². The average Bonchev–Trinajstić information content (AvgIpc) is 3.23. The van der Waals surface area contributed by atoms with Crippen LogP contribution < -0.4 is 5.32 Å². The van der Waals surface area contributed by atoms with Gasteiger partial charge >= 0.3 is 6.18 Å². The van der Waals surface area contributed by atoms with Crippen LogP contribution in [-0.4, -0.2) is 55.5 Å². The van der Waals surface area contributed by atoms with Crippen LogP contribution in [0.25, 0.3) is 0 Å². The molecule has 0 radical (unpaired) electrons. The first-order chi connectivity index (χ1) is 9.84. The normalized spacial score (nSPS) is 31.6. The maximum absolute atomic E-state index is 12.0. The molecule has 2 aliphatic rings.